The second-order valence-corrected chi connectivity index (χ2v) is 34.1. The monoisotopic (exact) mass is 818 g/mol. The van der Waals surface area contributed by atoms with E-state index in [1.54, 1.807) is 16.3 Å². The van der Waals surface area contributed by atoms with Crippen LogP contribution in [0.3, 0.4) is 0 Å². The van der Waals surface area contributed by atoms with Gasteiger partial charge in [-0.15, -0.1) is 0 Å². The molecule has 1 aliphatic heterocycles. The Balaban J connectivity index is 1.33. The maximum absolute atomic E-state index is 3.63. The zero-order valence-electron chi connectivity index (χ0n) is 22.5. The minimum absolute atomic E-state index is 0.551. The van der Waals surface area contributed by atoms with E-state index in [1.807, 2.05) is 5.20 Å². The fourth-order valence-corrected chi connectivity index (χ4v) is 28.7. The molecule has 0 radical (unpaired) electrons. The fourth-order valence-electron chi connectivity index (χ4n) is 7.49. The van der Waals surface area contributed by atoms with Crippen LogP contribution in [0.4, 0.5) is 0 Å². The molecule has 1 fully saturated rings. The molecule has 4 heteroatoms. The van der Waals surface area contributed by atoms with E-state index in [1.165, 1.54) is 50.4 Å². The van der Waals surface area contributed by atoms with E-state index < -0.39 is 29.5 Å². The van der Waals surface area contributed by atoms with Crippen LogP contribution in [0.1, 0.15) is 44.7 Å². The third-order valence-corrected chi connectivity index (χ3v) is 27.9. The molecule has 4 aromatic rings. The molecular weight excluding hydrogens is 787 g/mol. The Bertz CT molecular complexity index is 1650. The molecule has 1 heterocycles. The summed E-state index contributed by atoms with van der Waals surface area (Å²) in [5, 5.41) is 3.60. The predicted molar refractivity (Wildman–Crippen MR) is 175 cm³/mol. The average Bonchev–Trinajstić information content (AvgIpc) is 3.48. The fraction of sp³-hybridized carbons (Fsp3) is 0.200. The summed E-state index contributed by atoms with van der Waals surface area (Å²) in [7, 11) is -0.551. The van der Waals surface area contributed by atoms with Crippen molar-refractivity contribution in [2.45, 2.75) is 36.0 Å². The van der Waals surface area contributed by atoms with Crippen LogP contribution in [0.5, 0.6) is 0 Å². The van der Waals surface area contributed by atoms with Crippen molar-refractivity contribution >= 4 is 53.5 Å². The van der Waals surface area contributed by atoms with Gasteiger partial charge in [-0.25, -0.2) is 0 Å². The summed E-state index contributed by atoms with van der Waals surface area (Å²) in [6.07, 6.45) is 8.01. The van der Waals surface area contributed by atoms with Crippen LogP contribution in [0, 0.1) is 0 Å². The van der Waals surface area contributed by atoms with Crippen LogP contribution >= 0.6 is 31.9 Å². The molecule has 39 heavy (non-hydrogen) atoms. The van der Waals surface area contributed by atoms with Crippen LogP contribution in [0.2, 0.25) is 13.5 Å². The summed E-state index contributed by atoms with van der Waals surface area (Å²) in [4.78, 5) is 0. The van der Waals surface area contributed by atoms with E-state index >= 15 is 0 Å². The Hall–Kier alpha value is -1.59. The molecule has 0 aromatic heterocycles. The number of allylic oxidation sites excluding steroid dienone is 2. The molecule has 7 rings (SSSR count). The number of hydrogen-bond acceptors (Lipinski definition) is 0. The van der Waals surface area contributed by atoms with E-state index in [2.05, 4.69) is 138 Å². The Labute approximate surface area is 256 Å². The Kier molecular flexibility index (Phi) is 6.98. The summed E-state index contributed by atoms with van der Waals surface area (Å²) < 4.78 is 9.99. The zero-order chi connectivity index (χ0) is 26.7. The molecule has 1 saturated heterocycles. The van der Waals surface area contributed by atoms with Gasteiger partial charge >= 0.3 is 258 Å². The molecule has 194 valence electrons. The summed E-state index contributed by atoms with van der Waals surface area (Å²) in [5.74, 6) is 0.612. The number of fused-ring (bicyclic) bond motifs is 6. The van der Waals surface area contributed by atoms with E-state index in [4.69, 9.17) is 0 Å². The first-order valence-electron chi connectivity index (χ1n) is 14.1. The number of hydrogen-bond donors (Lipinski definition) is 0. The van der Waals surface area contributed by atoms with E-state index in [9.17, 15) is 0 Å². The molecule has 0 N–H and O–H groups in total. The Morgan fingerprint density at radius 2 is 1.21 bits per heavy atom. The molecule has 4 aromatic carbocycles. The maximum atomic E-state index is 3.63. The van der Waals surface area contributed by atoms with Crippen molar-refractivity contribution in [2.24, 2.45) is 0 Å². The zero-order valence-corrected chi connectivity index (χ0v) is 30.7. The van der Waals surface area contributed by atoms with Gasteiger partial charge in [0.05, 0.1) is 0 Å². The molecule has 0 spiro atoms. The molecule has 2 aliphatic carbocycles. The van der Waals surface area contributed by atoms with E-state index in [-0.39, 0.29) is 0 Å². The number of benzene rings is 4. The van der Waals surface area contributed by atoms with E-state index in [0.717, 1.165) is 12.6 Å². The van der Waals surface area contributed by atoms with Crippen molar-refractivity contribution in [2.75, 3.05) is 0 Å². The average molecular weight is 819 g/mol. The van der Waals surface area contributed by atoms with Gasteiger partial charge in [0.15, 0.2) is 0 Å². The van der Waals surface area contributed by atoms with Crippen molar-refractivity contribution in [1.29, 1.82) is 0 Å². The van der Waals surface area contributed by atoms with Gasteiger partial charge in [-0.2, -0.15) is 0 Å². The second kappa shape index (κ2) is 10.3. The normalized spacial score (nSPS) is 21.5. The first-order valence-corrected chi connectivity index (χ1v) is 28.9. The summed E-state index contributed by atoms with van der Waals surface area (Å²) in [6.45, 7) is 0. The van der Waals surface area contributed by atoms with Crippen LogP contribution < -0.4 is 0 Å². The van der Waals surface area contributed by atoms with Crippen LogP contribution in [0.25, 0.3) is 34.4 Å². The molecule has 2 unspecified atom stereocenters. The standard InChI is InChI=1S/C33H26Br2Si.2CH3.Hf/c1-2-5-30-29-9-4-8-28(22-12-16-25(35)17-13-22)32(29)20-33(30)36-26-18-23-6-3-7-27(31(23)19-26)21-10-14-24(34)15-11-21;;;/h3-4,6-20,30H,1-2,5,36H2;2*1H3;. The van der Waals surface area contributed by atoms with E-state index in [0.29, 0.717) is 5.92 Å². The molecule has 0 saturated carbocycles. The SMILES string of the molecule is [CH3][Hf]1([CH3])[CH2]CCC2C(=Cc3c(-c4ccc(Br)cc4)cccc32)[SiH2]C2=Cc3c(-c4ccc(Br)cc4)cccc3[CH]21. The summed E-state index contributed by atoms with van der Waals surface area (Å²) in [5.41, 5.74) is 11.7. The molecular formula is C35H32Br2HfSi. The molecule has 0 nitrogen and oxygen atoms in total. The summed E-state index contributed by atoms with van der Waals surface area (Å²) in [6, 6.07) is 31.9. The molecule has 3 aliphatic rings. The minimum atomic E-state index is -2.55. The third-order valence-electron chi connectivity index (χ3n) is 9.26. The Morgan fingerprint density at radius 1 is 0.667 bits per heavy atom. The van der Waals surface area contributed by atoms with Gasteiger partial charge < -0.3 is 0 Å². The van der Waals surface area contributed by atoms with Crippen LogP contribution in [-0.4, -0.2) is 9.52 Å². The molecule has 0 bridgehead atoms. The van der Waals surface area contributed by atoms with Gasteiger partial charge in [0, 0.05) is 0 Å². The first-order chi connectivity index (χ1) is 18.9. The quantitative estimate of drug-likeness (QED) is 0.177. The van der Waals surface area contributed by atoms with Gasteiger partial charge in [-0.05, 0) is 0 Å². The molecule has 2 atom stereocenters. The first kappa shape index (κ1) is 26.3. The third kappa shape index (κ3) is 4.73. The van der Waals surface area contributed by atoms with Crippen molar-refractivity contribution in [1.82, 2.24) is 0 Å². The van der Waals surface area contributed by atoms with Crippen LogP contribution in [-0.2, 0) is 20.0 Å². The van der Waals surface area contributed by atoms with Gasteiger partial charge in [0.2, 0.25) is 0 Å². The van der Waals surface area contributed by atoms with Gasteiger partial charge in [-0.3, -0.25) is 0 Å². The van der Waals surface area contributed by atoms with Gasteiger partial charge in [0.1, 0.15) is 0 Å². The second-order valence-electron chi connectivity index (χ2n) is 12.1. The Morgan fingerprint density at radius 3 is 1.82 bits per heavy atom. The number of halogens is 2. The van der Waals surface area contributed by atoms with Gasteiger partial charge in [-0.1, -0.05) is 0 Å². The van der Waals surface area contributed by atoms with Crippen molar-refractivity contribution in [3.63, 3.8) is 0 Å². The molecule has 0 amide bonds. The summed E-state index contributed by atoms with van der Waals surface area (Å²) >= 11 is 4.69. The predicted octanol–water partition coefficient (Wildman–Crippen LogP) is 10.7. The van der Waals surface area contributed by atoms with Crippen LogP contribution in [0.15, 0.2) is 104 Å². The van der Waals surface area contributed by atoms with Gasteiger partial charge in [0.25, 0.3) is 0 Å². The van der Waals surface area contributed by atoms with Crippen molar-refractivity contribution < 1.29 is 20.0 Å². The topological polar surface area (TPSA) is 0 Å². The number of rotatable bonds is 2. The van der Waals surface area contributed by atoms with Crippen molar-refractivity contribution in [3.05, 3.63) is 127 Å². The van der Waals surface area contributed by atoms with Crippen molar-refractivity contribution in [3.8, 4) is 22.3 Å².